The third-order valence-electron chi connectivity index (χ3n) is 3.92. The van der Waals surface area contributed by atoms with Gasteiger partial charge in [-0.3, -0.25) is 9.48 Å². The second-order valence-corrected chi connectivity index (χ2v) is 5.59. The summed E-state index contributed by atoms with van der Waals surface area (Å²) < 4.78 is 7.38. The number of rotatable bonds is 6. The highest BCUT2D eigenvalue weighted by Crippen LogP contribution is 2.15. The second-order valence-electron chi connectivity index (χ2n) is 5.59. The van der Waals surface area contributed by atoms with Gasteiger partial charge in [-0.1, -0.05) is 24.3 Å². The molecule has 1 atom stereocenters. The van der Waals surface area contributed by atoms with Gasteiger partial charge in [0.05, 0.1) is 19.1 Å². The van der Waals surface area contributed by atoms with Crippen molar-refractivity contribution in [2.45, 2.75) is 38.5 Å². The van der Waals surface area contributed by atoms with E-state index in [9.17, 15) is 4.79 Å². The van der Waals surface area contributed by atoms with Crippen molar-refractivity contribution in [1.82, 2.24) is 15.1 Å². The molecule has 1 saturated heterocycles. The SMILES string of the molecule is O=C(C[C@H]1CCCO1)NCc1ccccc1Cn1cccn1. The maximum absolute atomic E-state index is 12.0. The van der Waals surface area contributed by atoms with Crippen molar-refractivity contribution >= 4 is 5.91 Å². The van der Waals surface area contributed by atoms with Gasteiger partial charge in [-0.2, -0.15) is 5.10 Å². The number of nitrogens with one attached hydrogen (secondary N) is 1. The lowest BCUT2D eigenvalue weighted by Crippen LogP contribution is -2.27. The number of nitrogens with zero attached hydrogens (tertiary/aromatic N) is 2. The van der Waals surface area contributed by atoms with Gasteiger partial charge >= 0.3 is 0 Å². The maximum Gasteiger partial charge on any atom is 0.222 e. The molecule has 1 amide bonds. The Kier molecular flexibility index (Phi) is 4.85. The van der Waals surface area contributed by atoms with Crippen LogP contribution < -0.4 is 5.32 Å². The minimum absolute atomic E-state index is 0.0563. The number of benzene rings is 1. The summed E-state index contributed by atoms with van der Waals surface area (Å²) in [6.45, 7) is 2.04. The third-order valence-corrected chi connectivity index (χ3v) is 3.92. The van der Waals surface area contributed by atoms with Crippen LogP contribution in [0.25, 0.3) is 0 Å². The average Bonchev–Trinajstić information content (AvgIpc) is 3.20. The van der Waals surface area contributed by atoms with Crippen LogP contribution in [-0.2, 0) is 22.6 Å². The molecular weight excluding hydrogens is 278 g/mol. The van der Waals surface area contributed by atoms with E-state index < -0.39 is 0 Å². The highest BCUT2D eigenvalue weighted by molar-refractivity contribution is 5.76. The van der Waals surface area contributed by atoms with Crippen LogP contribution in [-0.4, -0.2) is 28.4 Å². The fourth-order valence-electron chi connectivity index (χ4n) is 2.73. The van der Waals surface area contributed by atoms with Crippen molar-refractivity contribution in [3.05, 3.63) is 53.9 Å². The zero-order valence-corrected chi connectivity index (χ0v) is 12.6. The molecule has 22 heavy (non-hydrogen) atoms. The smallest absolute Gasteiger partial charge is 0.222 e. The van der Waals surface area contributed by atoms with Crippen LogP contribution in [0.3, 0.4) is 0 Å². The molecule has 116 valence electrons. The van der Waals surface area contributed by atoms with Crippen LogP contribution in [0, 0.1) is 0 Å². The summed E-state index contributed by atoms with van der Waals surface area (Å²) in [6.07, 6.45) is 6.31. The molecule has 3 rings (SSSR count). The summed E-state index contributed by atoms with van der Waals surface area (Å²) in [6, 6.07) is 10.0. The quantitative estimate of drug-likeness (QED) is 0.889. The van der Waals surface area contributed by atoms with E-state index in [0.29, 0.717) is 19.5 Å². The minimum atomic E-state index is 0.0563. The van der Waals surface area contributed by atoms with Gasteiger partial charge in [0.1, 0.15) is 0 Å². The van der Waals surface area contributed by atoms with Crippen LogP contribution in [0.5, 0.6) is 0 Å². The lowest BCUT2D eigenvalue weighted by molar-refractivity contribution is -0.123. The van der Waals surface area contributed by atoms with Crippen molar-refractivity contribution in [2.24, 2.45) is 0 Å². The van der Waals surface area contributed by atoms with Gasteiger partial charge in [-0.15, -0.1) is 0 Å². The predicted octanol–water partition coefficient (Wildman–Crippen LogP) is 2.12. The zero-order valence-electron chi connectivity index (χ0n) is 12.6. The van der Waals surface area contributed by atoms with Crippen LogP contribution >= 0.6 is 0 Å². The van der Waals surface area contributed by atoms with E-state index in [1.54, 1.807) is 6.20 Å². The molecule has 2 heterocycles. The van der Waals surface area contributed by atoms with E-state index in [-0.39, 0.29) is 12.0 Å². The summed E-state index contributed by atoms with van der Waals surface area (Å²) in [5.74, 6) is 0.0563. The highest BCUT2D eigenvalue weighted by Gasteiger charge is 2.18. The molecule has 5 nitrogen and oxygen atoms in total. The average molecular weight is 299 g/mol. The topological polar surface area (TPSA) is 56.1 Å². The number of ether oxygens (including phenoxy) is 1. The molecule has 0 unspecified atom stereocenters. The largest absolute Gasteiger partial charge is 0.378 e. The fraction of sp³-hybridized carbons (Fsp3) is 0.412. The Morgan fingerprint density at radius 1 is 1.32 bits per heavy atom. The Bertz CT molecular complexity index is 604. The number of hydrogen-bond acceptors (Lipinski definition) is 3. The molecule has 1 aliphatic rings. The van der Waals surface area contributed by atoms with Gasteiger partial charge in [0.25, 0.3) is 0 Å². The Morgan fingerprint density at radius 3 is 2.91 bits per heavy atom. The van der Waals surface area contributed by atoms with E-state index in [1.807, 2.05) is 35.1 Å². The van der Waals surface area contributed by atoms with Crippen molar-refractivity contribution in [3.63, 3.8) is 0 Å². The van der Waals surface area contributed by atoms with E-state index >= 15 is 0 Å². The Balaban J connectivity index is 1.56. The van der Waals surface area contributed by atoms with Crippen LogP contribution in [0.4, 0.5) is 0 Å². The van der Waals surface area contributed by atoms with Gasteiger partial charge in [-0.25, -0.2) is 0 Å². The van der Waals surface area contributed by atoms with Crippen molar-refractivity contribution in [3.8, 4) is 0 Å². The van der Waals surface area contributed by atoms with E-state index in [4.69, 9.17) is 4.74 Å². The molecule has 2 aromatic rings. The molecule has 5 heteroatoms. The molecular formula is C17H21N3O2. The number of hydrogen-bond donors (Lipinski definition) is 1. The molecule has 1 aromatic heterocycles. The van der Waals surface area contributed by atoms with Crippen LogP contribution in [0.15, 0.2) is 42.7 Å². The van der Waals surface area contributed by atoms with Gasteiger partial charge in [0.2, 0.25) is 5.91 Å². The Morgan fingerprint density at radius 2 is 2.18 bits per heavy atom. The van der Waals surface area contributed by atoms with Crippen molar-refractivity contribution in [2.75, 3.05) is 6.61 Å². The first-order chi connectivity index (χ1) is 10.8. The number of carbonyl (C=O) groups is 1. The van der Waals surface area contributed by atoms with E-state index in [0.717, 1.165) is 25.0 Å². The second kappa shape index (κ2) is 7.22. The zero-order chi connectivity index (χ0) is 15.2. The van der Waals surface area contributed by atoms with Gasteiger partial charge in [-0.05, 0) is 30.0 Å². The molecule has 1 aliphatic heterocycles. The summed E-state index contributed by atoms with van der Waals surface area (Å²) >= 11 is 0. The summed E-state index contributed by atoms with van der Waals surface area (Å²) in [5, 5.41) is 7.23. The van der Waals surface area contributed by atoms with E-state index in [2.05, 4.69) is 16.5 Å². The molecule has 0 bridgehead atoms. The first-order valence-corrected chi connectivity index (χ1v) is 7.74. The predicted molar refractivity (Wildman–Crippen MR) is 83.2 cm³/mol. The summed E-state index contributed by atoms with van der Waals surface area (Å²) in [7, 11) is 0. The lowest BCUT2D eigenvalue weighted by Gasteiger charge is -2.12. The van der Waals surface area contributed by atoms with Gasteiger partial charge in [0.15, 0.2) is 0 Å². The molecule has 1 N–H and O–H groups in total. The highest BCUT2D eigenvalue weighted by atomic mass is 16.5. The Labute approximate surface area is 130 Å². The van der Waals surface area contributed by atoms with Crippen LogP contribution in [0.2, 0.25) is 0 Å². The van der Waals surface area contributed by atoms with Crippen LogP contribution in [0.1, 0.15) is 30.4 Å². The third kappa shape index (κ3) is 3.95. The normalized spacial score (nSPS) is 17.5. The summed E-state index contributed by atoms with van der Waals surface area (Å²) in [5.41, 5.74) is 2.29. The minimum Gasteiger partial charge on any atom is -0.378 e. The summed E-state index contributed by atoms with van der Waals surface area (Å²) in [4.78, 5) is 12.0. The monoisotopic (exact) mass is 299 g/mol. The standard InChI is InChI=1S/C17H21N3O2/c21-17(11-16-7-3-10-22-16)18-12-14-5-1-2-6-15(14)13-20-9-4-8-19-20/h1-2,4-6,8-9,16H,3,7,10-13H2,(H,18,21)/t16-/m1/s1. The lowest BCUT2D eigenvalue weighted by atomic mass is 10.1. The fourth-order valence-corrected chi connectivity index (χ4v) is 2.73. The molecule has 1 fully saturated rings. The first kappa shape index (κ1) is 14.8. The van der Waals surface area contributed by atoms with Crippen molar-refractivity contribution in [1.29, 1.82) is 0 Å². The molecule has 0 aliphatic carbocycles. The molecule has 0 spiro atoms. The Hall–Kier alpha value is -2.14. The molecule has 0 saturated carbocycles. The first-order valence-electron chi connectivity index (χ1n) is 7.74. The van der Waals surface area contributed by atoms with Gasteiger partial charge < -0.3 is 10.1 Å². The number of carbonyl (C=O) groups excluding carboxylic acids is 1. The molecule has 0 radical (unpaired) electrons. The van der Waals surface area contributed by atoms with Crippen molar-refractivity contribution < 1.29 is 9.53 Å². The van der Waals surface area contributed by atoms with Gasteiger partial charge in [0, 0.05) is 25.5 Å². The maximum atomic E-state index is 12.0. The number of amides is 1. The molecule has 1 aromatic carbocycles. The number of aromatic nitrogens is 2. The van der Waals surface area contributed by atoms with E-state index in [1.165, 1.54) is 5.56 Å².